The quantitative estimate of drug-likeness (QED) is 0.800. The number of carbonyl (C=O) groups is 1. The van der Waals surface area contributed by atoms with E-state index in [1.54, 1.807) is 24.1 Å². The van der Waals surface area contributed by atoms with Crippen LogP contribution < -0.4 is 4.90 Å². The van der Waals surface area contributed by atoms with E-state index in [1.807, 2.05) is 4.90 Å². The lowest BCUT2D eigenvalue weighted by atomic mass is 10.0. The molecule has 3 heterocycles. The maximum Gasteiger partial charge on any atom is 0.225 e. The summed E-state index contributed by atoms with van der Waals surface area (Å²) >= 11 is 0. The van der Waals surface area contributed by atoms with Gasteiger partial charge < -0.3 is 4.90 Å². The molecule has 1 unspecified atom stereocenters. The summed E-state index contributed by atoms with van der Waals surface area (Å²) in [4.78, 5) is 22.3. The van der Waals surface area contributed by atoms with Gasteiger partial charge in [-0.05, 0) is 12.8 Å². The molecule has 0 aromatic carbocycles. The van der Waals surface area contributed by atoms with Gasteiger partial charge in [0.05, 0.1) is 24.2 Å². The number of nitrogens with zero attached hydrogens (tertiary/aromatic N) is 5. The minimum absolute atomic E-state index is 0.0575. The predicted molar refractivity (Wildman–Crippen MR) is 74.5 cm³/mol. The fraction of sp³-hybridized carbons (Fsp3) is 0.429. The highest BCUT2D eigenvalue weighted by Gasteiger charge is 2.29. The summed E-state index contributed by atoms with van der Waals surface area (Å²) in [7, 11) is 1.78. The van der Waals surface area contributed by atoms with E-state index in [4.69, 9.17) is 0 Å². The second-order valence-corrected chi connectivity index (χ2v) is 5.22. The average molecular weight is 289 g/mol. The summed E-state index contributed by atoms with van der Waals surface area (Å²) in [6, 6.07) is 0.0585. The molecule has 2 aromatic rings. The van der Waals surface area contributed by atoms with E-state index in [2.05, 4.69) is 15.1 Å². The van der Waals surface area contributed by atoms with Crippen molar-refractivity contribution in [1.82, 2.24) is 19.7 Å². The molecule has 2 aromatic heterocycles. The van der Waals surface area contributed by atoms with E-state index in [9.17, 15) is 9.18 Å². The number of anilines is 1. The van der Waals surface area contributed by atoms with Gasteiger partial charge >= 0.3 is 0 Å². The van der Waals surface area contributed by atoms with Crippen LogP contribution in [0.25, 0.3) is 0 Å². The van der Waals surface area contributed by atoms with E-state index >= 15 is 0 Å². The van der Waals surface area contributed by atoms with Gasteiger partial charge in [-0.3, -0.25) is 9.48 Å². The lowest BCUT2D eigenvalue weighted by Crippen LogP contribution is -2.32. The summed E-state index contributed by atoms with van der Waals surface area (Å²) < 4.78 is 14.5. The van der Waals surface area contributed by atoms with Gasteiger partial charge in [-0.1, -0.05) is 0 Å². The summed E-state index contributed by atoms with van der Waals surface area (Å²) in [5, 5.41) is 4.02. The largest absolute Gasteiger partial charge is 0.337 e. The first-order chi connectivity index (χ1) is 10.1. The average Bonchev–Trinajstić information content (AvgIpc) is 3.09. The van der Waals surface area contributed by atoms with E-state index < -0.39 is 5.82 Å². The second kappa shape index (κ2) is 5.59. The van der Waals surface area contributed by atoms with Crippen LogP contribution in [0.5, 0.6) is 0 Å². The first kappa shape index (κ1) is 13.7. The number of ketones is 1. The molecular formula is C14H16FN5O. The van der Waals surface area contributed by atoms with Crippen molar-refractivity contribution in [3.05, 3.63) is 36.2 Å². The van der Waals surface area contributed by atoms with Crippen molar-refractivity contribution in [2.75, 3.05) is 11.4 Å². The van der Waals surface area contributed by atoms with Gasteiger partial charge in [-0.15, -0.1) is 0 Å². The number of aryl methyl sites for hydroxylation is 1. The topological polar surface area (TPSA) is 63.9 Å². The van der Waals surface area contributed by atoms with Gasteiger partial charge in [0.2, 0.25) is 5.95 Å². The highest BCUT2D eigenvalue weighted by Crippen LogP contribution is 2.25. The Hall–Kier alpha value is -2.31. The predicted octanol–water partition coefficient (Wildman–Crippen LogP) is 1.59. The van der Waals surface area contributed by atoms with Crippen molar-refractivity contribution in [3.8, 4) is 0 Å². The molecule has 110 valence electrons. The van der Waals surface area contributed by atoms with Crippen LogP contribution >= 0.6 is 0 Å². The molecule has 3 rings (SSSR count). The van der Waals surface area contributed by atoms with Crippen molar-refractivity contribution in [2.24, 2.45) is 7.05 Å². The molecule has 1 atom stereocenters. The smallest absolute Gasteiger partial charge is 0.225 e. The van der Waals surface area contributed by atoms with E-state index in [1.165, 1.54) is 0 Å². The third kappa shape index (κ3) is 2.91. The van der Waals surface area contributed by atoms with E-state index in [0.29, 0.717) is 17.9 Å². The molecule has 0 saturated carbocycles. The molecule has 1 fully saturated rings. The number of hydrogen-bond acceptors (Lipinski definition) is 5. The number of aromatic nitrogens is 4. The zero-order valence-corrected chi connectivity index (χ0v) is 11.7. The van der Waals surface area contributed by atoms with Crippen molar-refractivity contribution in [3.63, 3.8) is 0 Å². The lowest BCUT2D eigenvalue weighted by molar-refractivity contribution is 0.0974. The zero-order chi connectivity index (χ0) is 14.8. The van der Waals surface area contributed by atoms with Crippen molar-refractivity contribution >= 4 is 11.7 Å². The molecule has 1 saturated heterocycles. The molecule has 0 radical (unpaired) electrons. The third-order valence-corrected chi connectivity index (χ3v) is 3.69. The van der Waals surface area contributed by atoms with Crippen molar-refractivity contribution in [1.29, 1.82) is 0 Å². The number of Topliss-reactive ketones (excluding diaryl/α,β-unsaturated/α-hetero) is 1. The molecule has 0 spiro atoms. The summed E-state index contributed by atoms with van der Waals surface area (Å²) in [5.74, 6) is 0.0842. The van der Waals surface area contributed by atoms with Gasteiger partial charge in [0.1, 0.15) is 0 Å². The number of rotatable bonds is 4. The molecular weight excluding hydrogens is 273 g/mol. The van der Waals surface area contributed by atoms with Crippen LogP contribution in [0, 0.1) is 5.82 Å². The first-order valence-electron chi connectivity index (χ1n) is 6.89. The molecule has 21 heavy (non-hydrogen) atoms. The van der Waals surface area contributed by atoms with Crippen molar-refractivity contribution < 1.29 is 9.18 Å². The molecule has 0 N–H and O–H groups in total. The number of hydrogen-bond donors (Lipinski definition) is 0. The van der Waals surface area contributed by atoms with Crippen LogP contribution in [0.4, 0.5) is 10.3 Å². The van der Waals surface area contributed by atoms with Crippen LogP contribution in [0.2, 0.25) is 0 Å². The number of carbonyl (C=O) groups excluding carboxylic acids is 1. The number of halogens is 1. The second-order valence-electron chi connectivity index (χ2n) is 5.22. The fourth-order valence-corrected chi connectivity index (χ4v) is 2.66. The molecule has 1 aliphatic rings. The Morgan fingerprint density at radius 3 is 2.81 bits per heavy atom. The Morgan fingerprint density at radius 1 is 1.38 bits per heavy atom. The Kier molecular flexibility index (Phi) is 3.64. The fourth-order valence-electron chi connectivity index (χ4n) is 2.66. The minimum atomic E-state index is -0.457. The monoisotopic (exact) mass is 289 g/mol. The SMILES string of the molecule is Cn1cc(C(=O)CC2CCCN2c2ncc(F)cn2)cn1. The molecule has 7 heteroatoms. The van der Waals surface area contributed by atoms with Gasteiger partial charge in [0, 0.05) is 32.3 Å². The highest BCUT2D eigenvalue weighted by atomic mass is 19.1. The van der Waals surface area contributed by atoms with Gasteiger partial charge in [0.15, 0.2) is 11.6 Å². The van der Waals surface area contributed by atoms with Gasteiger partial charge in [-0.2, -0.15) is 5.10 Å². The Bertz CT molecular complexity index is 639. The molecule has 6 nitrogen and oxygen atoms in total. The van der Waals surface area contributed by atoms with Crippen LogP contribution in [0.3, 0.4) is 0 Å². The maximum absolute atomic E-state index is 12.9. The standard InChI is InChI=1S/C14H16FN5O/c1-19-9-10(6-18-19)13(21)5-12-3-2-4-20(12)14-16-7-11(15)8-17-14/h6-9,12H,2-5H2,1H3. The van der Waals surface area contributed by atoms with Crippen LogP contribution in [-0.4, -0.2) is 38.1 Å². The van der Waals surface area contributed by atoms with Crippen LogP contribution in [0.15, 0.2) is 24.8 Å². The van der Waals surface area contributed by atoms with E-state index in [0.717, 1.165) is 31.8 Å². The molecule has 0 amide bonds. The van der Waals surface area contributed by atoms with Crippen LogP contribution in [-0.2, 0) is 7.05 Å². The van der Waals surface area contributed by atoms with Crippen LogP contribution in [0.1, 0.15) is 29.6 Å². The maximum atomic E-state index is 12.9. The van der Waals surface area contributed by atoms with Crippen molar-refractivity contribution in [2.45, 2.75) is 25.3 Å². The van der Waals surface area contributed by atoms with Gasteiger partial charge in [0.25, 0.3) is 0 Å². The Labute approximate surface area is 121 Å². The minimum Gasteiger partial charge on any atom is -0.337 e. The lowest BCUT2D eigenvalue weighted by Gasteiger charge is -2.23. The highest BCUT2D eigenvalue weighted by molar-refractivity contribution is 5.96. The molecule has 1 aliphatic heterocycles. The summed E-state index contributed by atoms with van der Waals surface area (Å²) in [5.41, 5.74) is 0.615. The first-order valence-corrected chi connectivity index (χ1v) is 6.89. The summed E-state index contributed by atoms with van der Waals surface area (Å²) in [6.45, 7) is 0.788. The third-order valence-electron chi connectivity index (χ3n) is 3.69. The van der Waals surface area contributed by atoms with Gasteiger partial charge in [-0.25, -0.2) is 14.4 Å². The Balaban J connectivity index is 1.72. The zero-order valence-electron chi connectivity index (χ0n) is 11.7. The molecule has 0 aliphatic carbocycles. The Morgan fingerprint density at radius 2 is 2.14 bits per heavy atom. The normalized spacial score (nSPS) is 18.2. The molecule has 0 bridgehead atoms. The summed E-state index contributed by atoms with van der Waals surface area (Å²) in [6.07, 6.45) is 7.89. The van der Waals surface area contributed by atoms with E-state index in [-0.39, 0.29) is 11.8 Å².